The smallest absolute Gasteiger partial charge is 0.278 e. The van der Waals surface area contributed by atoms with E-state index in [1.54, 1.807) is 29.3 Å². The number of aryl methyl sites for hydroxylation is 1. The molecule has 32 heavy (non-hydrogen) atoms. The minimum absolute atomic E-state index is 0.250. The van der Waals surface area contributed by atoms with Gasteiger partial charge in [-0.05, 0) is 62.6 Å². The van der Waals surface area contributed by atoms with Crippen LogP contribution < -0.4 is 9.80 Å². The molecule has 0 aliphatic heterocycles. The highest BCUT2D eigenvalue weighted by atomic mass is 19.1. The summed E-state index contributed by atoms with van der Waals surface area (Å²) in [6, 6.07) is 10.5. The minimum Gasteiger partial charge on any atom is -0.354 e. The van der Waals surface area contributed by atoms with E-state index in [-0.39, 0.29) is 11.7 Å². The highest BCUT2D eigenvalue weighted by molar-refractivity contribution is 6.04. The monoisotopic (exact) mass is 433 g/mol. The summed E-state index contributed by atoms with van der Waals surface area (Å²) in [6.07, 6.45) is 7.72. The van der Waals surface area contributed by atoms with E-state index in [1.165, 1.54) is 25.0 Å². The summed E-state index contributed by atoms with van der Waals surface area (Å²) in [5.74, 6) is 1.09. The lowest BCUT2D eigenvalue weighted by molar-refractivity contribution is 0.0980. The van der Waals surface area contributed by atoms with Gasteiger partial charge in [0.2, 0.25) is 0 Å². The summed E-state index contributed by atoms with van der Waals surface area (Å²) in [5.41, 5.74) is 1.83. The number of pyridine rings is 1. The Hall–Kier alpha value is -3.48. The second-order valence-corrected chi connectivity index (χ2v) is 8.02. The van der Waals surface area contributed by atoms with Gasteiger partial charge in [-0.2, -0.15) is 0 Å². The van der Waals surface area contributed by atoms with E-state index in [0.717, 1.165) is 23.8 Å². The van der Waals surface area contributed by atoms with Gasteiger partial charge >= 0.3 is 0 Å². The first-order valence-electron chi connectivity index (χ1n) is 10.9. The van der Waals surface area contributed by atoms with E-state index in [0.29, 0.717) is 30.5 Å². The zero-order chi connectivity index (χ0) is 22.7. The largest absolute Gasteiger partial charge is 0.354 e. The number of nitrogens with zero attached hydrogens (tertiary/aromatic N) is 5. The van der Waals surface area contributed by atoms with Crippen LogP contribution in [0.2, 0.25) is 0 Å². The number of imidazole rings is 1. The molecule has 1 amide bonds. The molecule has 0 bridgehead atoms. The maximum atomic E-state index is 13.5. The Labute approximate surface area is 188 Å². The fourth-order valence-electron chi connectivity index (χ4n) is 3.83. The summed E-state index contributed by atoms with van der Waals surface area (Å²) in [4.78, 5) is 26.4. The lowest BCUT2D eigenvalue weighted by atomic mass is 10.2. The quantitative estimate of drug-likeness (QED) is 0.457. The maximum Gasteiger partial charge on any atom is 0.278 e. The molecule has 0 saturated heterocycles. The molecule has 2 aromatic heterocycles. The molecule has 1 fully saturated rings. The Kier molecular flexibility index (Phi) is 6.35. The number of hydrogen-bond acceptors (Lipinski definition) is 4. The van der Waals surface area contributed by atoms with Gasteiger partial charge < -0.3 is 14.4 Å². The van der Waals surface area contributed by atoms with Crippen molar-refractivity contribution in [1.82, 2.24) is 14.5 Å². The number of amides is 1. The molecule has 3 aromatic rings. The molecular weight excluding hydrogens is 405 g/mol. The molecule has 0 N–H and O–H groups in total. The summed E-state index contributed by atoms with van der Waals surface area (Å²) in [5, 5.41) is 0. The molecule has 2 heterocycles. The average Bonchev–Trinajstić information content (AvgIpc) is 3.57. The molecule has 166 valence electrons. The average molecular weight is 434 g/mol. The molecule has 7 heteroatoms. The van der Waals surface area contributed by atoms with Crippen LogP contribution in [0.25, 0.3) is 0 Å². The van der Waals surface area contributed by atoms with E-state index in [9.17, 15) is 9.18 Å². The minimum atomic E-state index is -0.349. The Morgan fingerprint density at radius 3 is 2.59 bits per heavy atom. The fourth-order valence-corrected chi connectivity index (χ4v) is 3.83. The number of carbonyl (C=O) groups excluding carboxylic acids is 1. The van der Waals surface area contributed by atoms with Crippen LogP contribution >= 0.6 is 0 Å². The van der Waals surface area contributed by atoms with Crippen molar-refractivity contribution < 1.29 is 9.18 Å². The van der Waals surface area contributed by atoms with Crippen LogP contribution in [0.1, 0.15) is 41.6 Å². The van der Waals surface area contributed by atoms with Crippen molar-refractivity contribution in [2.45, 2.75) is 45.8 Å². The number of carbonyl (C=O) groups is 1. The third-order valence-corrected chi connectivity index (χ3v) is 5.68. The Bertz CT molecular complexity index is 1090. The molecule has 6 nitrogen and oxygen atoms in total. The van der Waals surface area contributed by atoms with Crippen molar-refractivity contribution in [3.05, 3.63) is 84.3 Å². The maximum absolute atomic E-state index is 13.5. The standard InChI is InChI=1S/C25H28FN5O/c1-4-14-29-17-23(28-18(29)3)25(32)31(22-9-7-20(26)8-10-22)16-19-6-13-24(27-15-19)30(5-2)21-11-12-21/h4,6-10,13,15,17,21H,1,5,11-12,14,16H2,2-3H3. The first-order chi connectivity index (χ1) is 15.5. The number of halogens is 1. The molecule has 0 unspecified atom stereocenters. The van der Waals surface area contributed by atoms with Crippen LogP contribution in [0.4, 0.5) is 15.9 Å². The molecule has 1 aromatic carbocycles. The second-order valence-electron chi connectivity index (χ2n) is 8.02. The van der Waals surface area contributed by atoms with Gasteiger partial charge in [-0.3, -0.25) is 4.79 Å². The third kappa shape index (κ3) is 4.72. The number of hydrogen-bond donors (Lipinski definition) is 0. The van der Waals surface area contributed by atoms with Crippen molar-refractivity contribution in [3.63, 3.8) is 0 Å². The zero-order valence-electron chi connectivity index (χ0n) is 18.5. The lowest BCUT2D eigenvalue weighted by Crippen LogP contribution is -2.31. The molecular formula is C25H28FN5O. The number of rotatable bonds is 9. The van der Waals surface area contributed by atoms with E-state index < -0.39 is 0 Å². The van der Waals surface area contributed by atoms with Crippen LogP contribution in [0.5, 0.6) is 0 Å². The SMILES string of the molecule is C=CCn1cc(C(=O)N(Cc2ccc(N(CC)C3CC3)nc2)c2ccc(F)cc2)nc1C. The van der Waals surface area contributed by atoms with Crippen molar-refractivity contribution >= 4 is 17.4 Å². The third-order valence-electron chi connectivity index (χ3n) is 5.68. The van der Waals surface area contributed by atoms with E-state index >= 15 is 0 Å². The lowest BCUT2D eigenvalue weighted by Gasteiger charge is -2.24. The van der Waals surface area contributed by atoms with Crippen molar-refractivity contribution in [2.75, 3.05) is 16.3 Å². The highest BCUT2D eigenvalue weighted by Gasteiger charge is 2.29. The Morgan fingerprint density at radius 1 is 1.25 bits per heavy atom. The molecule has 0 atom stereocenters. The molecule has 4 rings (SSSR count). The summed E-state index contributed by atoms with van der Waals surface area (Å²) < 4.78 is 15.4. The normalized spacial score (nSPS) is 13.1. The van der Waals surface area contributed by atoms with E-state index in [2.05, 4.69) is 28.4 Å². The van der Waals surface area contributed by atoms with Gasteiger partial charge in [-0.25, -0.2) is 14.4 Å². The summed E-state index contributed by atoms with van der Waals surface area (Å²) in [7, 11) is 0. The van der Waals surface area contributed by atoms with Gasteiger partial charge in [0.1, 0.15) is 23.2 Å². The van der Waals surface area contributed by atoms with Gasteiger partial charge in [-0.1, -0.05) is 12.1 Å². The van der Waals surface area contributed by atoms with Crippen LogP contribution in [0, 0.1) is 12.7 Å². The number of anilines is 2. The number of allylic oxidation sites excluding steroid dienone is 1. The molecule has 0 spiro atoms. The van der Waals surface area contributed by atoms with Crippen LogP contribution in [0.15, 0.2) is 61.4 Å². The first-order valence-corrected chi connectivity index (χ1v) is 10.9. The van der Waals surface area contributed by atoms with Gasteiger partial charge in [-0.15, -0.1) is 6.58 Å². The van der Waals surface area contributed by atoms with Crippen LogP contribution in [0.3, 0.4) is 0 Å². The van der Waals surface area contributed by atoms with Crippen molar-refractivity contribution in [3.8, 4) is 0 Å². The number of benzene rings is 1. The highest BCUT2D eigenvalue weighted by Crippen LogP contribution is 2.30. The van der Waals surface area contributed by atoms with Gasteiger partial charge in [0.15, 0.2) is 0 Å². The predicted octanol–water partition coefficient (Wildman–Crippen LogP) is 4.75. The second kappa shape index (κ2) is 9.34. The van der Waals surface area contributed by atoms with Gasteiger partial charge in [0.25, 0.3) is 5.91 Å². The van der Waals surface area contributed by atoms with Crippen molar-refractivity contribution in [1.29, 1.82) is 0 Å². The molecule has 1 aliphatic carbocycles. The first kappa shape index (κ1) is 21.7. The predicted molar refractivity (Wildman–Crippen MR) is 124 cm³/mol. The topological polar surface area (TPSA) is 54.3 Å². The van der Waals surface area contributed by atoms with Crippen LogP contribution in [-0.2, 0) is 13.1 Å². The fraction of sp³-hybridized carbons (Fsp3) is 0.320. The Balaban J connectivity index is 1.61. The molecule has 1 aliphatic rings. The van der Waals surface area contributed by atoms with Crippen LogP contribution in [-0.4, -0.2) is 33.0 Å². The zero-order valence-corrected chi connectivity index (χ0v) is 18.5. The summed E-state index contributed by atoms with van der Waals surface area (Å²) in [6.45, 7) is 9.53. The number of aromatic nitrogens is 3. The van der Waals surface area contributed by atoms with E-state index in [4.69, 9.17) is 0 Å². The van der Waals surface area contributed by atoms with Gasteiger partial charge in [0, 0.05) is 37.2 Å². The van der Waals surface area contributed by atoms with Crippen molar-refractivity contribution in [2.24, 2.45) is 0 Å². The Morgan fingerprint density at radius 2 is 2.00 bits per heavy atom. The van der Waals surface area contributed by atoms with Gasteiger partial charge in [0.05, 0.1) is 6.54 Å². The molecule has 1 saturated carbocycles. The summed E-state index contributed by atoms with van der Waals surface area (Å²) >= 11 is 0. The van der Waals surface area contributed by atoms with E-state index in [1.807, 2.05) is 29.8 Å². The molecule has 0 radical (unpaired) electrons.